The number of amides is 1. The van der Waals surface area contributed by atoms with Crippen molar-refractivity contribution < 1.29 is 9.53 Å². The Morgan fingerprint density at radius 1 is 1.13 bits per heavy atom. The van der Waals surface area contributed by atoms with E-state index >= 15 is 0 Å². The van der Waals surface area contributed by atoms with Crippen molar-refractivity contribution in [1.29, 1.82) is 0 Å². The number of carbonyl (C=O) groups is 1. The number of hydrogen-bond acceptors (Lipinski definition) is 7. The minimum Gasteiger partial charge on any atom is -0.378 e. The summed E-state index contributed by atoms with van der Waals surface area (Å²) in [6.07, 6.45) is 0. The summed E-state index contributed by atoms with van der Waals surface area (Å²) in [6.45, 7) is 7.33. The molecule has 3 aromatic rings. The van der Waals surface area contributed by atoms with Crippen molar-refractivity contribution in [2.24, 2.45) is 0 Å². The van der Waals surface area contributed by atoms with Crippen LogP contribution in [0.15, 0.2) is 47.6 Å². The van der Waals surface area contributed by atoms with Crippen LogP contribution in [0.4, 0.5) is 11.4 Å². The lowest BCUT2D eigenvalue weighted by molar-refractivity contribution is -0.113. The van der Waals surface area contributed by atoms with Gasteiger partial charge in [-0.2, -0.15) is 4.68 Å². The van der Waals surface area contributed by atoms with Crippen molar-refractivity contribution in [3.05, 3.63) is 53.6 Å². The van der Waals surface area contributed by atoms with E-state index in [0.717, 1.165) is 48.9 Å². The minimum atomic E-state index is -0.102. The fraction of sp³-hybridized carbons (Fsp3) is 0.333. The lowest BCUT2D eigenvalue weighted by Gasteiger charge is -2.28. The van der Waals surface area contributed by atoms with Crippen LogP contribution in [-0.4, -0.2) is 58.2 Å². The highest BCUT2D eigenvalue weighted by Gasteiger charge is 2.14. The van der Waals surface area contributed by atoms with Gasteiger partial charge in [0.25, 0.3) is 0 Å². The van der Waals surface area contributed by atoms with E-state index in [4.69, 9.17) is 4.74 Å². The van der Waals surface area contributed by atoms with Gasteiger partial charge in [0, 0.05) is 24.5 Å². The first kappa shape index (κ1) is 20.4. The molecule has 0 aliphatic carbocycles. The highest BCUT2D eigenvalue weighted by molar-refractivity contribution is 7.99. The lowest BCUT2D eigenvalue weighted by atomic mass is 10.1. The van der Waals surface area contributed by atoms with E-state index in [1.165, 1.54) is 17.3 Å². The molecule has 0 atom stereocenters. The van der Waals surface area contributed by atoms with Crippen LogP contribution in [0.2, 0.25) is 0 Å². The molecule has 1 saturated heterocycles. The molecule has 1 fully saturated rings. The van der Waals surface area contributed by atoms with Crippen molar-refractivity contribution in [2.45, 2.75) is 19.0 Å². The maximum absolute atomic E-state index is 12.4. The lowest BCUT2D eigenvalue weighted by Crippen LogP contribution is -2.36. The molecule has 0 spiro atoms. The number of benzene rings is 2. The number of morpholine rings is 1. The standard InChI is InChI=1S/C21H24N6O2S/c1-15-3-8-19(16(2)13-15)27-21(23-24-25-27)30-14-20(28)22-17-4-6-18(7-5-17)26-9-11-29-12-10-26/h3-8,13H,9-12,14H2,1-2H3,(H,22,28). The van der Waals surface area contributed by atoms with Crippen molar-refractivity contribution in [3.63, 3.8) is 0 Å². The first-order valence-corrected chi connectivity index (χ1v) is 10.8. The smallest absolute Gasteiger partial charge is 0.234 e. The fourth-order valence-electron chi connectivity index (χ4n) is 3.37. The van der Waals surface area contributed by atoms with E-state index in [0.29, 0.717) is 5.16 Å². The molecule has 4 rings (SSSR count). The molecular formula is C21H24N6O2S. The number of aryl methyl sites for hydroxylation is 2. The van der Waals surface area contributed by atoms with Gasteiger partial charge in [-0.1, -0.05) is 29.5 Å². The fourth-order valence-corrected chi connectivity index (χ4v) is 4.05. The molecular weight excluding hydrogens is 400 g/mol. The van der Waals surface area contributed by atoms with Crippen molar-refractivity contribution in [1.82, 2.24) is 20.2 Å². The summed E-state index contributed by atoms with van der Waals surface area (Å²) in [4.78, 5) is 14.7. The van der Waals surface area contributed by atoms with E-state index in [-0.39, 0.29) is 11.7 Å². The number of anilines is 2. The molecule has 0 bridgehead atoms. The van der Waals surface area contributed by atoms with Gasteiger partial charge in [-0.3, -0.25) is 4.79 Å². The second-order valence-corrected chi connectivity index (χ2v) is 8.09. The second kappa shape index (κ2) is 9.27. The summed E-state index contributed by atoms with van der Waals surface area (Å²) >= 11 is 1.31. The van der Waals surface area contributed by atoms with Crippen LogP contribution in [0, 0.1) is 13.8 Å². The van der Waals surface area contributed by atoms with E-state index in [9.17, 15) is 4.79 Å². The molecule has 8 nitrogen and oxygen atoms in total. The quantitative estimate of drug-likeness (QED) is 0.609. The number of nitrogens with one attached hydrogen (secondary N) is 1. The molecule has 156 valence electrons. The Labute approximate surface area is 179 Å². The van der Waals surface area contributed by atoms with Gasteiger partial charge in [-0.15, -0.1) is 5.10 Å². The van der Waals surface area contributed by atoms with Gasteiger partial charge < -0.3 is 15.0 Å². The second-order valence-electron chi connectivity index (χ2n) is 7.15. The molecule has 1 aliphatic heterocycles. The highest BCUT2D eigenvalue weighted by atomic mass is 32.2. The van der Waals surface area contributed by atoms with Crippen LogP contribution in [0.5, 0.6) is 0 Å². The molecule has 30 heavy (non-hydrogen) atoms. The number of carbonyl (C=O) groups excluding carboxylic acids is 1. The van der Waals surface area contributed by atoms with Crippen LogP contribution < -0.4 is 10.2 Å². The van der Waals surface area contributed by atoms with Crippen molar-refractivity contribution in [2.75, 3.05) is 42.3 Å². The van der Waals surface area contributed by atoms with Gasteiger partial charge in [0.2, 0.25) is 11.1 Å². The van der Waals surface area contributed by atoms with Crippen LogP contribution in [-0.2, 0) is 9.53 Å². The molecule has 1 aliphatic rings. The zero-order chi connectivity index (χ0) is 20.9. The molecule has 1 amide bonds. The Hall–Kier alpha value is -2.91. The molecule has 0 radical (unpaired) electrons. The molecule has 0 unspecified atom stereocenters. The highest BCUT2D eigenvalue weighted by Crippen LogP contribution is 2.22. The molecule has 1 aromatic heterocycles. The Morgan fingerprint density at radius 3 is 2.63 bits per heavy atom. The molecule has 2 heterocycles. The number of ether oxygens (including phenoxy) is 1. The van der Waals surface area contributed by atoms with Crippen LogP contribution in [0.3, 0.4) is 0 Å². The van der Waals surface area contributed by atoms with E-state index in [2.05, 4.69) is 31.8 Å². The summed E-state index contributed by atoms with van der Waals surface area (Å²) in [6, 6.07) is 14.0. The summed E-state index contributed by atoms with van der Waals surface area (Å²) in [5, 5.41) is 15.4. The first-order valence-electron chi connectivity index (χ1n) is 9.81. The van der Waals surface area contributed by atoms with Gasteiger partial charge in [-0.25, -0.2) is 0 Å². The third-order valence-corrected chi connectivity index (χ3v) is 5.80. The minimum absolute atomic E-state index is 0.102. The Kier molecular flexibility index (Phi) is 6.29. The third kappa shape index (κ3) is 4.80. The topological polar surface area (TPSA) is 85.2 Å². The number of hydrogen-bond donors (Lipinski definition) is 1. The predicted octanol–water partition coefficient (Wildman–Crippen LogP) is 2.85. The van der Waals surface area contributed by atoms with Crippen molar-refractivity contribution >= 4 is 29.0 Å². The monoisotopic (exact) mass is 424 g/mol. The Bertz CT molecular complexity index is 1010. The zero-order valence-corrected chi connectivity index (χ0v) is 17.9. The number of aromatic nitrogens is 4. The van der Waals surface area contributed by atoms with Gasteiger partial charge in [-0.05, 0) is 60.2 Å². The maximum atomic E-state index is 12.4. The number of nitrogens with zero attached hydrogens (tertiary/aromatic N) is 5. The van der Waals surface area contributed by atoms with Gasteiger partial charge >= 0.3 is 0 Å². The van der Waals surface area contributed by atoms with Crippen LogP contribution in [0.1, 0.15) is 11.1 Å². The number of thioether (sulfide) groups is 1. The van der Waals surface area contributed by atoms with Crippen molar-refractivity contribution in [3.8, 4) is 5.69 Å². The summed E-state index contributed by atoms with van der Waals surface area (Å²) in [5.74, 6) is 0.116. The molecule has 1 N–H and O–H groups in total. The molecule has 2 aromatic carbocycles. The maximum Gasteiger partial charge on any atom is 0.234 e. The SMILES string of the molecule is Cc1ccc(-n2nnnc2SCC(=O)Nc2ccc(N3CCOCC3)cc2)c(C)c1. The summed E-state index contributed by atoms with van der Waals surface area (Å²) in [5.41, 5.74) is 5.07. The van der Waals surface area contributed by atoms with E-state index in [1.54, 1.807) is 4.68 Å². The summed E-state index contributed by atoms with van der Waals surface area (Å²) in [7, 11) is 0. The first-order chi connectivity index (χ1) is 14.6. The Morgan fingerprint density at radius 2 is 1.90 bits per heavy atom. The summed E-state index contributed by atoms with van der Waals surface area (Å²) < 4.78 is 7.06. The van der Waals surface area contributed by atoms with E-state index < -0.39 is 0 Å². The van der Waals surface area contributed by atoms with E-state index in [1.807, 2.05) is 50.2 Å². The number of rotatable bonds is 6. The third-order valence-electron chi connectivity index (χ3n) is 4.88. The average Bonchev–Trinajstić information content (AvgIpc) is 3.22. The normalized spacial score (nSPS) is 14.0. The molecule has 0 saturated carbocycles. The predicted molar refractivity (Wildman–Crippen MR) is 117 cm³/mol. The largest absolute Gasteiger partial charge is 0.378 e. The van der Waals surface area contributed by atoms with Gasteiger partial charge in [0.1, 0.15) is 0 Å². The van der Waals surface area contributed by atoms with Crippen LogP contribution in [0.25, 0.3) is 5.69 Å². The van der Waals surface area contributed by atoms with Crippen LogP contribution >= 0.6 is 11.8 Å². The van der Waals surface area contributed by atoms with Gasteiger partial charge in [0.15, 0.2) is 0 Å². The Balaban J connectivity index is 1.35. The molecule has 9 heteroatoms. The van der Waals surface area contributed by atoms with Gasteiger partial charge in [0.05, 0.1) is 24.7 Å². The number of tetrazole rings is 1. The average molecular weight is 425 g/mol. The zero-order valence-electron chi connectivity index (χ0n) is 17.0.